The molecule has 0 radical (unpaired) electrons. The quantitative estimate of drug-likeness (QED) is 0.862. The summed E-state index contributed by atoms with van der Waals surface area (Å²) in [5.41, 5.74) is 5.42. The van der Waals surface area contributed by atoms with Crippen molar-refractivity contribution in [2.24, 2.45) is 5.73 Å². The normalized spacial score (nSPS) is 11.8. The highest BCUT2D eigenvalue weighted by atomic mass is 35.5. The fraction of sp³-hybridized carbons (Fsp3) is 0.214. The van der Waals surface area contributed by atoms with Crippen LogP contribution < -0.4 is 5.73 Å². The number of benzene rings is 1. The highest BCUT2D eigenvalue weighted by Gasteiger charge is 2.23. The molecule has 0 atom stereocenters. The van der Waals surface area contributed by atoms with Crippen molar-refractivity contribution in [3.05, 3.63) is 51.2 Å². The lowest BCUT2D eigenvalue weighted by molar-refractivity contribution is 0.1000. The Morgan fingerprint density at radius 2 is 1.86 bits per heavy atom. The second-order valence-electron chi connectivity index (χ2n) is 4.53. The summed E-state index contributed by atoms with van der Waals surface area (Å²) in [6.45, 7) is 2.35. The summed E-state index contributed by atoms with van der Waals surface area (Å²) >= 11 is 7.22. The van der Waals surface area contributed by atoms with Crippen LogP contribution in [0.5, 0.6) is 0 Å². The van der Waals surface area contributed by atoms with E-state index >= 15 is 0 Å². The van der Waals surface area contributed by atoms with Gasteiger partial charge in [0, 0.05) is 23.5 Å². The molecule has 0 saturated carbocycles. The highest BCUT2D eigenvalue weighted by Crippen LogP contribution is 2.25. The monoisotopic (exact) mass is 358 g/mol. The molecule has 0 aliphatic heterocycles. The molecule has 8 heteroatoms. The van der Waals surface area contributed by atoms with Gasteiger partial charge in [-0.2, -0.15) is 4.31 Å². The lowest BCUT2D eigenvalue weighted by atomic mass is 10.2. The summed E-state index contributed by atoms with van der Waals surface area (Å²) < 4.78 is 27.2. The molecule has 118 valence electrons. The third-order valence-corrected chi connectivity index (χ3v) is 6.24. The van der Waals surface area contributed by atoms with Gasteiger partial charge in [0.15, 0.2) is 0 Å². The van der Waals surface area contributed by atoms with Gasteiger partial charge in [-0.3, -0.25) is 4.79 Å². The van der Waals surface area contributed by atoms with Gasteiger partial charge in [-0.15, -0.1) is 11.3 Å². The third kappa shape index (κ3) is 3.67. The van der Waals surface area contributed by atoms with Gasteiger partial charge in [0.2, 0.25) is 15.9 Å². The van der Waals surface area contributed by atoms with Crippen LogP contribution >= 0.6 is 22.9 Å². The first-order valence-electron chi connectivity index (χ1n) is 6.49. The molecule has 1 amide bonds. The predicted octanol–water partition coefficient (Wildman–Crippen LogP) is 2.71. The molecule has 0 saturated heterocycles. The van der Waals surface area contributed by atoms with Crippen LogP contribution in [-0.4, -0.2) is 25.2 Å². The van der Waals surface area contributed by atoms with Crippen LogP contribution in [0.2, 0.25) is 4.34 Å². The zero-order valence-electron chi connectivity index (χ0n) is 11.8. The van der Waals surface area contributed by atoms with Crippen LogP contribution in [0.3, 0.4) is 0 Å². The van der Waals surface area contributed by atoms with Gasteiger partial charge in [0.1, 0.15) is 0 Å². The summed E-state index contributed by atoms with van der Waals surface area (Å²) in [5, 5.41) is 0. The first-order chi connectivity index (χ1) is 10.3. The van der Waals surface area contributed by atoms with Gasteiger partial charge in [-0.25, -0.2) is 8.42 Å². The fourth-order valence-electron chi connectivity index (χ4n) is 1.92. The van der Waals surface area contributed by atoms with E-state index in [1.54, 1.807) is 19.1 Å². The van der Waals surface area contributed by atoms with Gasteiger partial charge in [0.25, 0.3) is 0 Å². The molecule has 0 spiro atoms. The van der Waals surface area contributed by atoms with E-state index in [-0.39, 0.29) is 17.0 Å². The summed E-state index contributed by atoms with van der Waals surface area (Å²) in [6.07, 6.45) is 0. The minimum atomic E-state index is -3.64. The maximum atomic E-state index is 12.6. The number of carbonyl (C=O) groups excluding carboxylic acids is 1. The molecule has 2 aromatic rings. The Morgan fingerprint density at radius 1 is 1.23 bits per heavy atom. The molecule has 1 aromatic heterocycles. The summed E-state index contributed by atoms with van der Waals surface area (Å²) in [4.78, 5) is 12.0. The Labute approximate surface area is 138 Å². The Kier molecular flexibility index (Phi) is 5.23. The van der Waals surface area contributed by atoms with Gasteiger partial charge < -0.3 is 5.73 Å². The number of primary amides is 1. The van der Waals surface area contributed by atoms with Gasteiger partial charge in [0.05, 0.1) is 9.23 Å². The maximum absolute atomic E-state index is 12.6. The van der Waals surface area contributed by atoms with E-state index < -0.39 is 15.9 Å². The summed E-state index contributed by atoms with van der Waals surface area (Å²) in [7, 11) is -3.64. The van der Waals surface area contributed by atoms with Crippen LogP contribution in [0.25, 0.3) is 0 Å². The zero-order chi connectivity index (χ0) is 16.3. The molecule has 0 fully saturated rings. The number of hydrogen-bond acceptors (Lipinski definition) is 4. The van der Waals surface area contributed by atoms with Crippen LogP contribution in [0.4, 0.5) is 0 Å². The molecule has 0 aliphatic rings. The molecule has 0 bridgehead atoms. The smallest absolute Gasteiger partial charge is 0.248 e. The average Bonchev–Trinajstić information content (AvgIpc) is 2.90. The van der Waals surface area contributed by atoms with E-state index in [9.17, 15) is 13.2 Å². The number of thiophene rings is 1. The second kappa shape index (κ2) is 6.78. The summed E-state index contributed by atoms with van der Waals surface area (Å²) in [6, 6.07) is 9.14. The Bertz CT molecular complexity index is 770. The molecular formula is C14H15ClN2O3S2. The number of halogens is 1. The molecule has 2 N–H and O–H groups in total. The fourth-order valence-corrected chi connectivity index (χ4v) is 4.53. The average molecular weight is 359 g/mol. The van der Waals surface area contributed by atoms with Gasteiger partial charge >= 0.3 is 0 Å². The van der Waals surface area contributed by atoms with Crippen molar-refractivity contribution in [3.8, 4) is 0 Å². The standard InChI is InChI=1S/C14H15ClN2O3S2/c1-2-17(9-11-5-8-13(15)21-11)22(19,20)12-6-3-10(4-7-12)14(16)18/h3-8H,2,9H2,1H3,(H2,16,18). The molecule has 22 heavy (non-hydrogen) atoms. The lowest BCUT2D eigenvalue weighted by Gasteiger charge is -2.19. The second-order valence-corrected chi connectivity index (χ2v) is 8.26. The van der Waals surface area contributed by atoms with Crippen molar-refractivity contribution in [2.75, 3.05) is 6.54 Å². The van der Waals surface area contributed by atoms with Crippen molar-refractivity contribution in [1.82, 2.24) is 4.31 Å². The first kappa shape index (κ1) is 17.0. The van der Waals surface area contributed by atoms with Crippen molar-refractivity contribution in [3.63, 3.8) is 0 Å². The molecule has 2 rings (SSSR count). The van der Waals surface area contributed by atoms with Crippen molar-refractivity contribution in [2.45, 2.75) is 18.4 Å². The minimum Gasteiger partial charge on any atom is -0.366 e. The molecular weight excluding hydrogens is 344 g/mol. The van der Waals surface area contributed by atoms with E-state index in [4.69, 9.17) is 17.3 Å². The van der Waals surface area contributed by atoms with Gasteiger partial charge in [-0.05, 0) is 36.4 Å². The number of sulfonamides is 1. The Balaban J connectivity index is 2.27. The topological polar surface area (TPSA) is 80.5 Å². The zero-order valence-corrected chi connectivity index (χ0v) is 14.2. The van der Waals surface area contributed by atoms with Crippen molar-refractivity contribution < 1.29 is 13.2 Å². The van der Waals surface area contributed by atoms with E-state index in [1.165, 1.54) is 39.9 Å². The highest BCUT2D eigenvalue weighted by molar-refractivity contribution is 7.89. The molecule has 5 nitrogen and oxygen atoms in total. The SMILES string of the molecule is CCN(Cc1ccc(Cl)s1)S(=O)(=O)c1ccc(C(N)=O)cc1. The van der Waals surface area contributed by atoms with Crippen molar-refractivity contribution >= 4 is 38.9 Å². The van der Waals surface area contributed by atoms with Crippen LogP contribution in [0.15, 0.2) is 41.3 Å². The van der Waals surface area contributed by atoms with E-state index in [2.05, 4.69) is 0 Å². The van der Waals surface area contributed by atoms with Gasteiger partial charge in [-0.1, -0.05) is 18.5 Å². The number of rotatable bonds is 6. The largest absolute Gasteiger partial charge is 0.366 e. The number of nitrogens with zero attached hydrogens (tertiary/aromatic N) is 1. The number of hydrogen-bond donors (Lipinski definition) is 1. The molecule has 0 aliphatic carbocycles. The van der Waals surface area contributed by atoms with Crippen LogP contribution in [0, 0.1) is 0 Å². The number of amides is 1. The Hall–Kier alpha value is -1.41. The van der Waals surface area contributed by atoms with E-state index in [1.807, 2.05) is 0 Å². The number of carbonyl (C=O) groups is 1. The minimum absolute atomic E-state index is 0.127. The van der Waals surface area contributed by atoms with E-state index in [0.717, 1.165) is 4.88 Å². The maximum Gasteiger partial charge on any atom is 0.248 e. The molecule has 1 heterocycles. The first-order valence-corrected chi connectivity index (χ1v) is 9.12. The summed E-state index contributed by atoms with van der Waals surface area (Å²) in [5.74, 6) is -0.593. The van der Waals surface area contributed by atoms with Crippen LogP contribution in [0.1, 0.15) is 22.2 Å². The molecule has 0 unspecified atom stereocenters. The van der Waals surface area contributed by atoms with Crippen LogP contribution in [-0.2, 0) is 16.6 Å². The Morgan fingerprint density at radius 3 is 2.32 bits per heavy atom. The predicted molar refractivity (Wildman–Crippen MR) is 87.6 cm³/mol. The lowest BCUT2D eigenvalue weighted by Crippen LogP contribution is -2.30. The van der Waals surface area contributed by atoms with Crippen molar-refractivity contribution in [1.29, 1.82) is 0 Å². The third-order valence-electron chi connectivity index (χ3n) is 3.09. The van der Waals surface area contributed by atoms with E-state index in [0.29, 0.717) is 10.9 Å². The molecule has 1 aromatic carbocycles. The number of nitrogens with two attached hydrogens (primary N) is 1.